The molecule has 1 aromatic carbocycles. The van der Waals surface area contributed by atoms with Crippen LogP contribution in [0.5, 0.6) is 5.75 Å². The Balaban J connectivity index is 1.68. The zero-order valence-corrected chi connectivity index (χ0v) is 14.7. The molecular weight excluding hydrogens is 339 g/mol. The minimum Gasteiger partial charge on any atom is -0.479 e. The first-order valence-electron chi connectivity index (χ1n) is 7.76. The Morgan fingerprint density at radius 3 is 2.83 bits per heavy atom. The lowest BCUT2D eigenvalue weighted by atomic mass is 10.3. The normalized spacial score (nSPS) is 16.8. The summed E-state index contributed by atoms with van der Waals surface area (Å²) in [5.41, 5.74) is 0. The van der Waals surface area contributed by atoms with Crippen LogP contribution in [-0.2, 0) is 9.53 Å². The van der Waals surface area contributed by atoms with Gasteiger partial charge in [-0.3, -0.25) is 9.69 Å². The van der Waals surface area contributed by atoms with E-state index in [4.69, 9.17) is 32.7 Å². The minimum atomic E-state index is -0.614. The van der Waals surface area contributed by atoms with E-state index >= 15 is 0 Å². The summed E-state index contributed by atoms with van der Waals surface area (Å²) in [5.74, 6) is 0.296. The van der Waals surface area contributed by atoms with Crippen LogP contribution in [0.25, 0.3) is 0 Å². The van der Waals surface area contributed by atoms with Crippen LogP contribution in [0.4, 0.5) is 0 Å². The second kappa shape index (κ2) is 9.33. The molecular formula is C16H22Cl2N2O3. The van der Waals surface area contributed by atoms with E-state index in [1.165, 1.54) is 0 Å². The summed E-state index contributed by atoms with van der Waals surface area (Å²) < 4.78 is 10.9. The number of rotatable bonds is 7. The molecule has 1 heterocycles. The Kier molecular flexibility index (Phi) is 7.43. The molecule has 1 fully saturated rings. The molecule has 128 valence electrons. The molecule has 1 aliphatic heterocycles. The fourth-order valence-corrected chi connectivity index (χ4v) is 2.75. The predicted molar refractivity (Wildman–Crippen MR) is 91.4 cm³/mol. The molecule has 0 aromatic heterocycles. The van der Waals surface area contributed by atoms with Gasteiger partial charge in [-0.05, 0) is 38.1 Å². The maximum atomic E-state index is 12.0. The molecule has 2 rings (SSSR count). The minimum absolute atomic E-state index is 0.155. The van der Waals surface area contributed by atoms with Gasteiger partial charge >= 0.3 is 0 Å². The van der Waals surface area contributed by atoms with Gasteiger partial charge in [0.15, 0.2) is 6.10 Å². The van der Waals surface area contributed by atoms with Crippen LogP contribution in [0, 0.1) is 0 Å². The second-order valence-corrected chi connectivity index (χ2v) is 6.28. The molecule has 1 amide bonds. The van der Waals surface area contributed by atoms with Crippen LogP contribution in [0.3, 0.4) is 0 Å². The topological polar surface area (TPSA) is 50.8 Å². The summed E-state index contributed by atoms with van der Waals surface area (Å²) in [6, 6.07) is 4.92. The van der Waals surface area contributed by atoms with Crippen LogP contribution in [0.1, 0.15) is 13.3 Å². The van der Waals surface area contributed by atoms with E-state index < -0.39 is 6.10 Å². The highest BCUT2D eigenvalue weighted by Crippen LogP contribution is 2.28. The first kappa shape index (κ1) is 18.3. The first-order valence-corrected chi connectivity index (χ1v) is 8.51. The number of benzene rings is 1. The molecule has 1 aromatic rings. The molecule has 1 saturated heterocycles. The number of hydrogen-bond donors (Lipinski definition) is 1. The van der Waals surface area contributed by atoms with Crippen molar-refractivity contribution in [2.45, 2.75) is 19.4 Å². The number of halogens is 2. The van der Waals surface area contributed by atoms with Gasteiger partial charge in [0.1, 0.15) is 5.75 Å². The van der Waals surface area contributed by atoms with Crippen LogP contribution in [0.2, 0.25) is 10.0 Å². The quantitative estimate of drug-likeness (QED) is 0.759. The Bertz CT molecular complexity index is 522. The van der Waals surface area contributed by atoms with Gasteiger partial charge in [0.05, 0.1) is 18.2 Å². The summed E-state index contributed by atoms with van der Waals surface area (Å²) >= 11 is 11.9. The van der Waals surface area contributed by atoms with E-state index in [0.717, 1.165) is 39.3 Å². The fourth-order valence-electron chi connectivity index (χ4n) is 2.30. The molecule has 5 nitrogen and oxygen atoms in total. The average Bonchev–Trinajstić information content (AvgIpc) is 2.55. The van der Waals surface area contributed by atoms with Crippen molar-refractivity contribution in [2.75, 3.05) is 39.4 Å². The standard InChI is InChI=1S/C16H22Cl2N2O3/c1-12(23-15-4-3-13(17)11-14(15)18)16(21)19-5-2-6-20-7-9-22-10-8-20/h3-4,11-12H,2,5-10H2,1H3,(H,19,21)/t12-/m1/s1. The number of carbonyl (C=O) groups is 1. The fraction of sp³-hybridized carbons (Fsp3) is 0.562. The molecule has 0 aliphatic carbocycles. The van der Waals surface area contributed by atoms with Crippen molar-refractivity contribution >= 4 is 29.1 Å². The number of morpholine rings is 1. The lowest BCUT2D eigenvalue weighted by Gasteiger charge is -2.26. The molecule has 7 heteroatoms. The van der Waals surface area contributed by atoms with Crippen molar-refractivity contribution in [3.05, 3.63) is 28.2 Å². The van der Waals surface area contributed by atoms with Crippen LogP contribution >= 0.6 is 23.2 Å². The maximum absolute atomic E-state index is 12.0. The summed E-state index contributed by atoms with van der Waals surface area (Å²) in [6.45, 7) is 6.78. The van der Waals surface area contributed by atoms with E-state index in [1.807, 2.05) is 0 Å². The van der Waals surface area contributed by atoms with Crippen molar-refractivity contribution in [3.8, 4) is 5.75 Å². The summed E-state index contributed by atoms with van der Waals surface area (Å²) in [6.07, 6.45) is 0.289. The van der Waals surface area contributed by atoms with Gasteiger partial charge in [-0.15, -0.1) is 0 Å². The Labute approximate surface area is 146 Å². The largest absolute Gasteiger partial charge is 0.479 e. The molecule has 1 N–H and O–H groups in total. The highest BCUT2D eigenvalue weighted by Gasteiger charge is 2.16. The van der Waals surface area contributed by atoms with Crippen molar-refractivity contribution in [1.82, 2.24) is 10.2 Å². The Hall–Kier alpha value is -1.01. The zero-order chi connectivity index (χ0) is 16.7. The first-order chi connectivity index (χ1) is 11.1. The second-order valence-electron chi connectivity index (χ2n) is 5.43. The summed E-state index contributed by atoms with van der Waals surface area (Å²) in [5, 5.41) is 3.81. The van der Waals surface area contributed by atoms with Gasteiger partial charge in [-0.1, -0.05) is 23.2 Å². The van der Waals surface area contributed by atoms with Crippen molar-refractivity contribution in [1.29, 1.82) is 0 Å². The number of ether oxygens (including phenoxy) is 2. The highest BCUT2D eigenvalue weighted by atomic mass is 35.5. The third-order valence-electron chi connectivity index (χ3n) is 3.62. The Morgan fingerprint density at radius 1 is 1.39 bits per heavy atom. The number of amides is 1. The molecule has 1 atom stereocenters. The lowest BCUT2D eigenvalue weighted by Crippen LogP contribution is -2.40. The van der Waals surface area contributed by atoms with Crippen LogP contribution < -0.4 is 10.1 Å². The lowest BCUT2D eigenvalue weighted by molar-refractivity contribution is -0.127. The van der Waals surface area contributed by atoms with E-state index in [2.05, 4.69) is 10.2 Å². The van der Waals surface area contributed by atoms with Crippen molar-refractivity contribution in [3.63, 3.8) is 0 Å². The molecule has 0 saturated carbocycles. The van der Waals surface area contributed by atoms with E-state index in [-0.39, 0.29) is 5.91 Å². The van der Waals surface area contributed by atoms with E-state index in [9.17, 15) is 4.79 Å². The third-order valence-corrected chi connectivity index (χ3v) is 4.15. The van der Waals surface area contributed by atoms with Gasteiger partial charge in [-0.2, -0.15) is 0 Å². The van der Waals surface area contributed by atoms with Crippen LogP contribution in [0.15, 0.2) is 18.2 Å². The third kappa shape index (κ3) is 6.18. The van der Waals surface area contributed by atoms with Gasteiger partial charge in [0, 0.05) is 24.7 Å². The van der Waals surface area contributed by atoms with Gasteiger partial charge in [-0.25, -0.2) is 0 Å². The molecule has 1 aliphatic rings. The number of carbonyl (C=O) groups excluding carboxylic acids is 1. The van der Waals surface area contributed by atoms with Crippen molar-refractivity contribution < 1.29 is 14.3 Å². The van der Waals surface area contributed by atoms with Crippen molar-refractivity contribution in [2.24, 2.45) is 0 Å². The molecule has 23 heavy (non-hydrogen) atoms. The highest BCUT2D eigenvalue weighted by molar-refractivity contribution is 6.35. The molecule has 0 unspecified atom stereocenters. The maximum Gasteiger partial charge on any atom is 0.260 e. The van der Waals surface area contributed by atoms with E-state index in [0.29, 0.717) is 22.3 Å². The summed E-state index contributed by atoms with van der Waals surface area (Å²) in [7, 11) is 0. The molecule has 0 radical (unpaired) electrons. The monoisotopic (exact) mass is 360 g/mol. The molecule has 0 spiro atoms. The average molecular weight is 361 g/mol. The zero-order valence-electron chi connectivity index (χ0n) is 13.2. The SMILES string of the molecule is C[C@@H](Oc1ccc(Cl)cc1Cl)C(=O)NCCCN1CCOCC1. The summed E-state index contributed by atoms with van der Waals surface area (Å²) in [4.78, 5) is 14.4. The smallest absolute Gasteiger partial charge is 0.260 e. The van der Waals surface area contributed by atoms with Gasteiger partial charge in [0.2, 0.25) is 0 Å². The molecule has 0 bridgehead atoms. The number of nitrogens with zero attached hydrogens (tertiary/aromatic N) is 1. The Morgan fingerprint density at radius 2 is 2.13 bits per heavy atom. The van der Waals surface area contributed by atoms with Gasteiger partial charge < -0.3 is 14.8 Å². The van der Waals surface area contributed by atoms with E-state index in [1.54, 1.807) is 25.1 Å². The van der Waals surface area contributed by atoms with Gasteiger partial charge in [0.25, 0.3) is 5.91 Å². The number of hydrogen-bond acceptors (Lipinski definition) is 4. The van der Waals surface area contributed by atoms with Crippen LogP contribution in [-0.4, -0.2) is 56.3 Å². The predicted octanol–water partition coefficient (Wildman–Crippen LogP) is 2.60. The number of nitrogens with one attached hydrogen (secondary N) is 1.